The summed E-state index contributed by atoms with van der Waals surface area (Å²) in [6, 6.07) is 19.2. The second-order valence-electron chi connectivity index (χ2n) is 19.0. The van der Waals surface area contributed by atoms with Crippen molar-refractivity contribution in [3.8, 4) is 10.1 Å². The SMILES string of the molecule is CC(OCOC1CCC(C(=O)Oc2ccc(SC(=O)c3cccc4c3C3(CC4)CCc4cccc(C(=O)Sc5ccc(OC(=O)C6CCC(OCOC(C)C7CO7)CC6)s5)c43)s2)CC1)C1CC1. The Morgan fingerprint density at radius 1 is 0.627 bits per heavy atom. The number of esters is 2. The number of carbonyl (C=O) groups excluding carboxylic acids is 4. The van der Waals surface area contributed by atoms with Gasteiger partial charge in [0.1, 0.15) is 19.7 Å². The summed E-state index contributed by atoms with van der Waals surface area (Å²) in [5, 5.41) is 0.817. The van der Waals surface area contributed by atoms with E-state index >= 15 is 0 Å². The first kappa shape index (κ1) is 47.3. The predicted molar refractivity (Wildman–Crippen MR) is 258 cm³/mol. The Labute approximate surface area is 408 Å². The molecule has 2 aromatic heterocycles. The molecule has 0 bridgehead atoms. The Morgan fingerprint density at radius 3 is 1.54 bits per heavy atom. The fourth-order valence-corrected chi connectivity index (χ4v) is 14.2. The number of aryl methyl sites for hydroxylation is 2. The van der Waals surface area contributed by atoms with Gasteiger partial charge in [-0.3, -0.25) is 19.2 Å². The van der Waals surface area contributed by atoms with Gasteiger partial charge in [0.2, 0.25) is 10.2 Å². The molecule has 0 N–H and O–H groups in total. The number of carbonyl (C=O) groups is 4. The zero-order valence-electron chi connectivity index (χ0n) is 38.0. The van der Waals surface area contributed by atoms with E-state index in [4.69, 9.17) is 33.2 Å². The minimum atomic E-state index is -0.469. The largest absolute Gasteiger partial charge is 0.415 e. The molecule has 11 nitrogen and oxygen atoms in total. The first-order valence-corrected chi connectivity index (χ1v) is 27.3. The lowest BCUT2D eigenvalue weighted by Crippen LogP contribution is -2.29. The molecule has 1 spiro atoms. The fraction of sp³-hybridized carbons (Fsp3) is 0.538. The molecule has 0 radical (unpaired) electrons. The molecule has 4 aromatic rings. The van der Waals surface area contributed by atoms with E-state index in [2.05, 4.69) is 19.1 Å². The van der Waals surface area contributed by atoms with E-state index in [9.17, 15) is 19.2 Å². The number of ether oxygens (including phenoxy) is 7. The van der Waals surface area contributed by atoms with Crippen molar-refractivity contribution in [2.75, 3.05) is 20.2 Å². The van der Waals surface area contributed by atoms with E-state index in [1.807, 2.05) is 43.3 Å². The van der Waals surface area contributed by atoms with Gasteiger partial charge in [-0.15, -0.1) is 0 Å². The van der Waals surface area contributed by atoms with E-state index in [1.165, 1.54) is 35.5 Å². The number of benzene rings is 2. The molecule has 356 valence electrons. The Morgan fingerprint density at radius 2 is 1.09 bits per heavy atom. The van der Waals surface area contributed by atoms with Crippen LogP contribution in [0.3, 0.4) is 0 Å². The van der Waals surface area contributed by atoms with Crippen molar-refractivity contribution in [2.45, 2.75) is 148 Å². The third kappa shape index (κ3) is 11.0. The van der Waals surface area contributed by atoms with Crippen LogP contribution in [0.2, 0.25) is 0 Å². The zero-order chi connectivity index (χ0) is 46.1. The van der Waals surface area contributed by atoms with E-state index < -0.39 is 5.41 Å². The van der Waals surface area contributed by atoms with Crippen molar-refractivity contribution < 1.29 is 52.3 Å². The zero-order valence-corrected chi connectivity index (χ0v) is 41.3. The van der Waals surface area contributed by atoms with Crippen LogP contribution in [-0.2, 0) is 51.5 Å². The van der Waals surface area contributed by atoms with Gasteiger partial charge >= 0.3 is 11.9 Å². The summed E-state index contributed by atoms with van der Waals surface area (Å²) in [5.74, 6) is -0.195. The number of rotatable bonds is 18. The minimum absolute atomic E-state index is 0.0178. The molecule has 4 fully saturated rings. The highest BCUT2D eigenvalue weighted by Gasteiger charge is 2.49. The van der Waals surface area contributed by atoms with Crippen molar-refractivity contribution in [3.63, 3.8) is 0 Å². The first-order valence-electron chi connectivity index (χ1n) is 24.0. The van der Waals surface area contributed by atoms with Crippen LogP contribution in [0.15, 0.2) is 69.1 Å². The van der Waals surface area contributed by atoms with Gasteiger partial charge < -0.3 is 33.2 Å². The lowest BCUT2D eigenvalue weighted by atomic mass is 9.73. The van der Waals surface area contributed by atoms with Gasteiger partial charge in [-0.1, -0.05) is 59.1 Å². The maximum absolute atomic E-state index is 14.3. The highest BCUT2D eigenvalue weighted by molar-refractivity contribution is 8.15. The minimum Gasteiger partial charge on any atom is -0.415 e. The van der Waals surface area contributed by atoms with Gasteiger partial charge in [-0.25, -0.2) is 0 Å². The van der Waals surface area contributed by atoms with Crippen LogP contribution in [-0.4, -0.2) is 72.9 Å². The third-order valence-electron chi connectivity index (χ3n) is 14.7. The summed E-state index contributed by atoms with van der Waals surface area (Å²) in [7, 11) is 0. The fourth-order valence-electron chi connectivity index (χ4n) is 10.6. The van der Waals surface area contributed by atoms with Crippen molar-refractivity contribution in [1.82, 2.24) is 0 Å². The molecule has 15 heteroatoms. The third-order valence-corrected chi connectivity index (χ3v) is 18.7. The van der Waals surface area contributed by atoms with Crippen molar-refractivity contribution >= 4 is 68.4 Å². The Bertz CT molecular complexity index is 2270. The lowest BCUT2D eigenvalue weighted by molar-refractivity contribution is -0.146. The van der Waals surface area contributed by atoms with Crippen LogP contribution in [0.4, 0.5) is 0 Å². The lowest BCUT2D eigenvalue weighted by Gasteiger charge is -2.30. The normalized spacial score (nSPS) is 26.1. The van der Waals surface area contributed by atoms with Gasteiger partial charge in [0.15, 0.2) is 10.1 Å². The predicted octanol–water partition coefficient (Wildman–Crippen LogP) is 11.3. The summed E-state index contributed by atoms with van der Waals surface area (Å²) >= 11 is 4.93. The first-order chi connectivity index (χ1) is 32.6. The number of epoxide rings is 1. The molecule has 67 heavy (non-hydrogen) atoms. The van der Waals surface area contributed by atoms with Crippen molar-refractivity contribution in [3.05, 3.63) is 94.0 Å². The standard InChI is InChI=1S/C52H58O11S4/c1-30(32-9-10-32)58-28-60-37-15-11-35(12-16-37)48(53)62-42-19-21-44(64-42)66-50(55)39-7-3-5-33-23-25-52(46(33)39)26-24-34-6-4-8-40(47(34)52)51(56)67-45-22-20-43(65-45)63-49(54)36-13-17-38(18-14-36)61-29-59-31(2)41-27-57-41/h3-8,19-22,30-32,35-38,41H,9-18,23-29H2,1-2H3. The van der Waals surface area contributed by atoms with Gasteiger partial charge in [-0.05, 0) is 180 Å². The van der Waals surface area contributed by atoms with Crippen molar-refractivity contribution in [2.24, 2.45) is 17.8 Å². The van der Waals surface area contributed by atoms with Crippen molar-refractivity contribution in [1.29, 1.82) is 0 Å². The summed E-state index contributed by atoms with van der Waals surface area (Å²) in [6.07, 6.45) is 12.2. The van der Waals surface area contributed by atoms with Gasteiger partial charge in [0.05, 0.1) is 51.3 Å². The second kappa shape index (κ2) is 20.9. The van der Waals surface area contributed by atoms with Crippen LogP contribution in [0.25, 0.3) is 0 Å². The van der Waals surface area contributed by atoms with Gasteiger partial charge in [-0.2, -0.15) is 0 Å². The maximum atomic E-state index is 14.3. The van der Waals surface area contributed by atoms with Crippen LogP contribution in [0.1, 0.15) is 134 Å². The average molecular weight is 987 g/mol. The molecule has 2 aromatic carbocycles. The van der Waals surface area contributed by atoms with E-state index in [1.54, 1.807) is 12.1 Å². The Hall–Kier alpha value is -3.38. The second-order valence-corrected chi connectivity index (χ2v) is 23.6. The van der Waals surface area contributed by atoms with E-state index in [0.717, 1.165) is 112 Å². The molecule has 3 saturated carbocycles. The number of thiophene rings is 2. The van der Waals surface area contributed by atoms with Gasteiger partial charge in [0, 0.05) is 16.5 Å². The highest BCUT2D eigenvalue weighted by Crippen LogP contribution is 2.56. The van der Waals surface area contributed by atoms with Crippen LogP contribution < -0.4 is 9.47 Å². The molecule has 4 unspecified atom stereocenters. The number of thioether (sulfide) groups is 2. The van der Waals surface area contributed by atoms with Gasteiger partial charge in [0.25, 0.3) is 0 Å². The number of hydrogen-bond donors (Lipinski definition) is 0. The molecule has 1 saturated heterocycles. The summed E-state index contributed by atoms with van der Waals surface area (Å²) in [5.41, 5.74) is 5.19. The molecule has 6 aliphatic rings. The highest BCUT2D eigenvalue weighted by atomic mass is 32.2. The topological polar surface area (TPSA) is 136 Å². The molecule has 4 atom stereocenters. The van der Waals surface area contributed by atoms with Crippen LogP contribution in [0.5, 0.6) is 10.1 Å². The summed E-state index contributed by atoms with van der Waals surface area (Å²) in [6.45, 7) is 5.37. The molecular weight excluding hydrogens is 929 g/mol. The quantitative estimate of drug-likeness (QED) is 0.0405. The van der Waals surface area contributed by atoms with Crippen LogP contribution in [0, 0.1) is 17.8 Å². The molecule has 1 aliphatic heterocycles. The number of hydrogen-bond acceptors (Lipinski definition) is 15. The summed E-state index contributed by atoms with van der Waals surface area (Å²) in [4.78, 5) is 55.1. The monoisotopic (exact) mass is 986 g/mol. The molecular formula is C52H58O11S4. The smallest absolute Gasteiger partial charge is 0.315 e. The van der Waals surface area contributed by atoms with E-state index in [-0.39, 0.29) is 71.3 Å². The maximum Gasteiger partial charge on any atom is 0.315 e. The molecule has 5 aliphatic carbocycles. The number of fused-ring (bicyclic) bond motifs is 4. The average Bonchev–Trinajstić information content (AvgIpc) is 4.22. The molecule has 0 amide bonds. The molecule has 10 rings (SSSR count). The Kier molecular flexibility index (Phi) is 14.8. The van der Waals surface area contributed by atoms with E-state index in [0.29, 0.717) is 59.6 Å². The molecule has 3 heterocycles. The Balaban J connectivity index is 0.742. The summed E-state index contributed by atoms with van der Waals surface area (Å²) < 4.78 is 41.9. The van der Waals surface area contributed by atoms with Crippen LogP contribution >= 0.6 is 46.2 Å².